The van der Waals surface area contributed by atoms with Gasteiger partial charge in [0.15, 0.2) is 0 Å². The van der Waals surface area contributed by atoms with E-state index in [0.29, 0.717) is 17.6 Å². The molecule has 0 aromatic carbocycles. The first-order valence-corrected chi connectivity index (χ1v) is 6.44. The van der Waals surface area contributed by atoms with E-state index in [-0.39, 0.29) is 0 Å². The summed E-state index contributed by atoms with van der Waals surface area (Å²) in [7, 11) is 0. The Labute approximate surface area is 97.6 Å². The minimum absolute atomic E-state index is 0.401. The highest BCUT2D eigenvalue weighted by Gasteiger charge is 2.16. The van der Waals surface area contributed by atoms with Crippen LogP contribution in [0.3, 0.4) is 0 Å². The lowest BCUT2D eigenvalue weighted by molar-refractivity contribution is 0.0666. The first-order valence-electron chi connectivity index (χ1n) is 5.39. The summed E-state index contributed by atoms with van der Waals surface area (Å²) in [5.74, 6) is 1.62. The minimum Gasteiger partial charge on any atom is -0.309 e. The van der Waals surface area contributed by atoms with Gasteiger partial charge in [0.25, 0.3) is 0 Å². The molecule has 1 saturated heterocycles. The molecule has 1 N–H and O–H groups in total. The van der Waals surface area contributed by atoms with Crippen LogP contribution in [0.4, 0.5) is 8.78 Å². The van der Waals surface area contributed by atoms with Crippen molar-refractivity contribution in [2.24, 2.45) is 0 Å². The van der Waals surface area contributed by atoms with Crippen molar-refractivity contribution in [1.29, 1.82) is 0 Å². The van der Waals surface area contributed by atoms with Crippen molar-refractivity contribution >= 4 is 11.8 Å². The maximum atomic E-state index is 12.5. The second-order valence-electron chi connectivity index (χ2n) is 3.79. The summed E-state index contributed by atoms with van der Waals surface area (Å²) in [5.41, 5.74) is 0. The third-order valence-electron chi connectivity index (χ3n) is 2.64. The number of thioether (sulfide) groups is 1. The van der Waals surface area contributed by atoms with Crippen LogP contribution in [0.2, 0.25) is 0 Å². The van der Waals surface area contributed by atoms with Crippen LogP contribution < -0.4 is 5.32 Å². The first kappa shape index (κ1) is 11.9. The predicted molar refractivity (Wildman–Crippen MR) is 60.7 cm³/mol. The molecule has 1 aromatic rings. The number of hydrogen-bond acceptors (Lipinski definition) is 3. The third kappa shape index (κ3) is 2.95. The average molecular weight is 247 g/mol. The van der Waals surface area contributed by atoms with Crippen molar-refractivity contribution in [2.45, 2.75) is 31.2 Å². The summed E-state index contributed by atoms with van der Waals surface area (Å²) < 4.78 is 25.9. The van der Waals surface area contributed by atoms with Gasteiger partial charge in [0, 0.05) is 24.2 Å². The highest BCUT2D eigenvalue weighted by molar-refractivity contribution is 8.00. The Balaban J connectivity index is 1.78. The molecule has 2 rings (SSSR count). The topological polar surface area (TPSA) is 29.9 Å². The van der Waals surface area contributed by atoms with Crippen LogP contribution in [-0.4, -0.2) is 27.1 Å². The molecule has 1 aromatic heterocycles. The van der Waals surface area contributed by atoms with E-state index in [0.717, 1.165) is 11.1 Å². The molecule has 0 spiro atoms. The zero-order valence-electron chi connectivity index (χ0n) is 8.90. The SMILES string of the molecule is FC(F)n1ccnc1CNCC1CCCS1. The van der Waals surface area contributed by atoms with Gasteiger partial charge in [-0.1, -0.05) is 0 Å². The van der Waals surface area contributed by atoms with Crippen LogP contribution in [-0.2, 0) is 6.54 Å². The quantitative estimate of drug-likeness (QED) is 0.865. The molecule has 2 heterocycles. The molecular weight excluding hydrogens is 232 g/mol. The van der Waals surface area contributed by atoms with Crippen LogP contribution in [0.15, 0.2) is 12.4 Å². The number of halogens is 2. The number of nitrogens with zero attached hydrogens (tertiary/aromatic N) is 2. The Bertz CT molecular complexity index is 324. The molecule has 1 aliphatic heterocycles. The lowest BCUT2D eigenvalue weighted by Crippen LogP contribution is -2.24. The van der Waals surface area contributed by atoms with Crippen molar-refractivity contribution in [1.82, 2.24) is 14.9 Å². The summed E-state index contributed by atoms with van der Waals surface area (Å²) in [5, 5.41) is 3.82. The number of rotatable bonds is 5. The predicted octanol–water partition coefficient (Wildman–Crippen LogP) is 2.26. The Kier molecular flexibility index (Phi) is 4.17. The van der Waals surface area contributed by atoms with Crippen LogP contribution >= 0.6 is 11.8 Å². The fraction of sp³-hybridized carbons (Fsp3) is 0.700. The van der Waals surface area contributed by atoms with E-state index in [1.54, 1.807) is 0 Å². The monoisotopic (exact) mass is 247 g/mol. The molecule has 0 amide bonds. The number of imidazole rings is 1. The van der Waals surface area contributed by atoms with Gasteiger partial charge < -0.3 is 5.32 Å². The molecular formula is C10H15F2N3S. The molecule has 0 radical (unpaired) electrons. The summed E-state index contributed by atoms with van der Waals surface area (Å²) in [4.78, 5) is 3.92. The Morgan fingerprint density at radius 2 is 2.50 bits per heavy atom. The zero-order chi connectivity index (χ0) is 11.4. The van der Waals surface area contributed by atoms with Gasteiger partial charge in [-0.25, -0.2) is 4.98 Å². The maximum absolute atomic E-state index is 12.5. The van der Waals surface area contributed by atoms with Gasteiger partial charge in [0.2, 0.25) is 0 Å². The van der Waals surface area contributed by atoms with E-state index in [2.05, 4.69) is 10.3 Å². The van der Waals surface area contributed by atoms with Gasteiger partial charge in [0.1, 0.15) is 5.82 Å². The largest absolute Gasteiger partial charge is 0.319 e. The van der Waals surface area contributed by atoms with Gasteiger partial charge in [-0.05, 0) is 18.6 Å². The molecule has 16 heavy (non-hydrogen) atoms. The Morgan fingerprint density at radius 1 is 1.62 bits per heavy atom. The normalized spacial score (nSPS) is 20.8. The van der Waals surface area contributed by atoms with Gasteiger partial charge in [-0.15, -0.1) is 0 Å². The molecule has 6 heteroatoms. The van der Waals surface area contributed by atoms with Crippen LogP contribution in [0.1, 0.15) is 25.2 Å². The van der Waals surface area contributed by atoms with E-state index in [9.17, 15) is 8.78 Å². The van der Waals surface area contributed by atoms with E-state index in [1.807, 2.05) is 11.8 Å². The standard InChI is InChI=1S/C10H15F2N3S/c11-10(12)15-4-3-14-9(15)7-13-6-8-2-1-5-16-8/h3-4,8,10,13H,1-2,5-7H2. The summed E-state index contributed by atoms with van der Waals surface area (Å²) >= 11 is 1.95. The fourth-order valence-electron chi connectivity index (χ4n) is 1.81. The molecule has 1 unspecified atom stereocenters. The second kappa shape index (κ2) is 5.63. The van der Waals surface area contributed by atoms with Crippen molar-refractivity contribution in [2.75, 3.05) is 12.3 Å². The highest BCUT2D eigenvalue weighted by Crippen LogP contribution is 2.25. The van der Waals surface area contributed by atoms with Crippen molar-refractivity contribution in [3.8, 4) is 0 Å². The Hall–Kier alpha value is -0.620. The number of aromatic nitrogens is 2. The van der Waals surface area contributed by atoms with Crippen LogP contribution in [0.5, 0.6) is 0 Å². The molecule has 3 nitrogen and oxygen atoms in total. The first-order chi connectivity index (χ1) is 7.77. The number of hydrogen-bond donors (Lipinski definition) is 1. The number of nitrogens with one attached hydrogen (secondary N) is 1. The smallest absolute Gasteiger partial charge is 0.309 e. The van der Waals surface area contributed by atoms with Crippen molar-refractivity contribution in [3.63, 3.8) is 0 Å². The third-order valence-corrected chi connectivity index (χ3v) is 4.04. The van der Waals surface area contributed by atoms with Crippen molar-refractivity contribution < 1.29 is 8.78 Å². The van der Waals surface area contributed by atoms with Crippen LogP contribution in [0.25, 0.3) is 0 Å². The molecule has 1 fully saturated rings. The summed E-state index contributed by atoms with van der Waals surface area (Å²) in [6.45, 7) is -1.21. The lowest BCUT2D eigenvalue weighted by Gasteiger charge is -2.10. The lowest BCUT2D eigenvalue weighted by atomic mass is 10.2. The molecule has 1 aliphatic rings. The van der Waals surface area contributed by atoms with E-state index < -0.39 is 6.55 Å². The fourth-order valence-corrected chi connectivity index (χ4v) is 3.04. The maximum Gasteiger partial charge on any atom is 0.319 e. The van der Waals surface area contributed by atoms with Crippen molar-refractivity contribution in [3.05, 3.63) is 18.2 Å². The van der Waals surface area contributed by atoms with Gasteiger partial charge in [-0.2, -0.15) is 20.5 Å². The molecule has 0 aliphatic carbocycles. The Morgan fingerprint density at radius 3 is 3.19 bits per heavy atom. The molecule has 90 valence electrons. The molecule has 0 saturated carbocycles. The number of alkyl halides is 2. The molecule has 0 bridgehead atoms. The van der Waals surface area contributed by atoms with E-state index in [1.165, 1.54) is 31.0 Å². The minimum atomic E-state index is -2.50. The van der Waals surface area contributed by atoms with Gasteiger partial charge >= 0.3 is 6.55 Å². The summed E-state index contributed by atoms with van der Waals surface area (Å²) in [6.07, 6.45) is 5.21. The second-order valence-corrected chi connectivity index (χ2v) is 5.20. The van der Waals surface area contributed by atoms with Gasteiger partial charge in [-0.3, -0.25) is 4.57 Å². The summed E-state index contributed by atoms with van der Waals surface area (Å²) in [6, 6.07) is 0. The van der Waals surface area contributed by atoms with Crippen LogP contribution in [0, 0.1) is 0 Å². The van der Waals surface area contributed by atoms with Gasteiger partial charge in [0.05, 0.1) is 6.54 Å². The average Bonchev–Trinajstić information content (AvgIpc) is 2.87. The van der Waals surface area contributed by atoms with E-state index >= 15 is 0 Å². The van der Waals surface area contributed by atoms with E-state index in [4.69, 9.17) is 0 Å². The molecule has 1 atom stereocenters. The zero-order valence-corrected chi connectivity index (χ0v) is 9.72. The highest BCUT2D eigenvalue weighted by atomic mass is 32.2.